The SMILES string of the molecule is CN=C(N)NC(=O)c1cc2c(Cl)cc(Oc3ccc(CN4CCCC4)cc3)cc2[nH]1. The van der Waals surface area contributed by atoms with Crippen molar-refractivity contribution in [3.63, 3.8) is 0 Å². The van der Waals surface area contributed by atoms with Crippen LogP contribution in [0.2, 0.25) is 5.02 Å². The van der Waals surface area contributed by atoms with Gasteiger partial charge in [0.15, 0.2) is 5.96 Å². The van der Waals surface area contributed by atoms with Crippen LogP contribution in [-0.4, -0.2) is 41.9 Å². The fourth-order valence-corrected chi connectivity index (χ4v) is 3.85. The first-order chi connectivity index (χ1) is 14.5. The van der Waals surface area contributed by atoms with Crippen LogP contribution in [0.3, 0.4) is 0 Å². The van der Waals surface area contributed by atoms with E-state index in [9.17, 15) is 4.79 Å². The van der Waals surface area contributed by atoms with Gasteiger partial charge in [-0.3, -0.25) is 20.0 Å². The summed E-state index contributed by atoms with van der Waals surface area (Å²) >= 11 is 6.41. The fourth-order valence-electron chi connectivity index (χ4n) is 3.59. The van der Waals surface area contributed by atoms with E-state index >= 15 is 0 Å². The van der Waals surface area contributed by atoms with Crippen LogP contribution < -0.4 is 15.8 Å². The van der Waals surface area contributed by atoms with E-state index in [0.717, 1.165) is 17.7 Å². The van der Waals surface area contributed by atoms with Gasteiger partial charge in [0.25, 0.3) is 5.91 Å². The molecule has 4 rings (SSSR count). The van der Waals surface area contributed by atoms with Crippen molar-refractivity contribution in [2.24, 2.45) is 10.7 Å². The summed E-state index contributed by atoms with van der Waals surface area (Å²) in [7, 11) is 1.50. The van der Waals surface area contributed by atoms with Gasteiger partial charge in [-0.15, -0.1) is 0 Å². The Morgan fingerprint density at radius 1 is 1.20 bits per heavy atom. The summed E-state index contributed by atoms with van der Waals surface area (Å²) in [6, 6.07) is 13.3. The lowest BCUT2D eigenvalue weighted by Gasteiger charge is -2.14. The van der Waals surface area contributed by atoms with Crippen molar-refractivity contribution in [2.45, 2.75) is 19.4 Å². The number of guanidine groups is 1. The van der Waals surface area contributed by atoms with Crippen molar-refractivity contribution in [2.75, 3.05) is 20.1 Å². The largest absolute Gasteiger partial charge is 0.457 e. The minimum absolute atomic E-state index is 0.0435. The molecular formula is C22H24ClN5O2. The number of H-pyrrole nitrogens is 1. The summed E-state index contributed by atoms with van der Waals surface area (Å²) in [4.78, 5) is 21.5. The van der Waals surface area contributed by atoms with Crippen molar-refractivity contribution in [1.29, 1.82) is 0 Å². The van der Waals surface area contributed by atoms with Crippen molar-refractivity contribution >= 4 is 34.4 Å². The number of nitrogens with zero attached hydrogens (tertiary/aromatic N) is 2. The number of hydrogen-bond donors (Lipinski definition) is 3. The van der Waals surface area contributed by atoms with Gasteiger partial charge in [-0.1, -0.05) is 23.7 Å². The number of likely N-dealkylation sites (tertiary alicyclic amines) is 1. The van der Waals surface area contributed by atoms with Crippen molar-refractivity contribution in [1.82, 2.24) is 15.2 Å². The molecule has 0 spiro atoms. The van der Waals surface area contributed by atoms with Gasteiger partial charge in [-0.25, -0.2) is 0 Å². The van der Waals surface area contributed by atoms with Gasteiger partial charge >= 0.3 is 0 Å². The van der Waals surface area contributed by atoms with Gasteiger partial charge in [-0.2, -0.15) is 0 Å². The molecule has 8 heteroatoms. The molecule has 1 aromatic heterocycles. The van der Waals surface area contributed by atoms with Crippen molar-refractivity contribution in [3.8, 4) is 11.5 Å². The third-order valence-corrected chi connectivity index (χ3v) is 5.46. The Hall–Kier alpha value is -3.03. The zero-order valence-electron chi connectivity index (χ0n) is 16.7. The zero-order chi connectivity index (χ0) is 21.1. The van der Waals surface area contributed by atoms with Crippen LogP contribution in [0.1, 0.15) is 28.9 Å². The number of amides is 1. The van der Waals surface area contributed by atoms with Crippen LogP contribution in [0.25, 0.3) is 10.9 Å². The molecule has 1 amide bonds. The molecule has 7 nitrogen and oxygen atoms in total. The highest BCUT2D eigenvalue weighted by Crippen LogP contribution is 2.32. The second-order valence-electron chi connectivity index (χ2n) is 7.34. The zero-order valence-corrected chi connectivity index (χ0v) is 17.5. The second-order valence-corrected chi connectivity index (χ2v) is 7.75. The molecule has 1 fully saturated rings. The third kappa shape index (κ3) is 4.58. The Morgan fingerprint density at radius 3 is 2.63 bits per heavy atom. The van der Waals surface area contributed by atoms with Crippen LogP contribution in [0.5, 0.6) is 11.5 Å². The standard InChI is InChI=1S/C22H24ClN5O2/c1-25-22(24)27-21(29)20-12-17-18(23)10-16(11-19(17)26-20)30-15-6-4-14(5-7-15)13-28-8-2-3-9-28/h4-7,10-12,26H,2-3,8-9,13H2,1H3,(H3,24,25,27,29). The van der Waals surface area contributed by atoms with Crippen LogP contribution >= 0.6 is 11.6 Å². The Balaban J connectivity index is 1.49. The highest BCUT2D eigenvalue weighted by molar-refractivity contribution is 6.35. The maximum absolute atomic E-state index is 12.2. The first-order valence-electron chi connectivity index (χ1n) is 9.87. The van der Waals surface area contributed by atoms with Crippen LogP contribution in [-0.2, 0) is 6.54 Å². The van der Waals surface area contributed by atoms with E-state index in [4.69, 9.17) is 22.1 Å². The lowest BCUT2D eigenvalue weighted by atomic mass is 10.2. The molecule has 30 heavy (non-hydrogen) atoms. The molecule has 1 aliphatic heterocycles. The third-order valence-electron chi connectivity index (χ3n) is 5.15. The number of fused-ring (bicyclic) bond motifs is 1. The minimum atomic E-state index is -0.388. The fraction of sp³-hybridized carbons (Fsp3) is 0.273. The van der Waals surface area contributed by atoms with E-state index in [1.54, 1.807) is 12.1 Å². The molecule has 0 atom stereocenters. The Kier molecular flexibility index (Phi) is 5.92. The number of nitrogens with one attached hydrogen (secondary N) is 2. The number of halogens is 1. The van der Waals surface area contributed by atoms with Gasteiger partial charge < -0.3 is 15.5 Å². The minimum Gasteiger partial charge on any atom is -0.457 e. The molecule has 156 valence electrons. The second kappa shape index (κ2) is 8.77. The molecule has 1 saturated heterocycles. The molecule has 0 radical (unpaired) electrons. The first-order valence-corrected chi connectivity index (χ1v) is 10.2. The van der Waals surface area contributed by atoms with E-state index in [2.05, 4.69) is 32.3 Å². The Labute approximate surface area is 179 Å². The summed E-state index contributed by atoms with van der Waals surface area (Å²) < 4.78 is 5.99. The number of rotatable bonds is 5. The smallest absolute Gasteiger partial charge is 0.274 e. The highest BCUT2D eigenvalue weighted by atomic mass is 35.5. The predicted molar refractivity (Wildman–Crippen MR) is 119 cm³/mol. The Morgan fingerprint density at radius 2 is 1.93 bits per heavy atom. The maximum atomic E-state index is 12.2. The molecule has 3 aromatic rings. The van der Waals surface area contributed by atoms with Gasteiger partial charge in [-0.05, 0) is 49.7 Å². The molecule has 1 aliphatic rings. The summed E-state index contributed by atoms with van der Waals surface area (Å²) in [6.45, 7) is 3.31. The Bertz CT molecular complexity index is 1080. The first kappa shape index (κ1) is 20.3. The maximum Gasteiger partial charge on any atom is 0.274 e. The van der Waals surface area contributed by atoms with Gasteiger partial charge in [0, 0.05) is 31.1 Å². The van der Waals surface area contributed by atoms with Gasteiger partial charge in [0.1, 0.15) is 17.2 Å². The van der Waals surface area contributed by atoms with Gasteiger partial charge in [0.2, 0.25) is 0 Å². The number of benzene rings is 2. The van der Waals surface area contributed by atoms with Crippen LogP contribution in [0, 0.1) is 0 Å². The molecule has 0 unspecified atom stereocenters. The average molecular weight is 426 g/mol. The molecule has 0 aliphatic carbocycles. The highest BCUT2D eigenvalue weighted by Gasteiger charge is 2.14. The summed E-state index contributed by atoms with van der Waals surface area (Å²) in [6.07, 6.45) is 2.57. The summed E-state index contributed by atoms with van der Waals surface area (Å²) in [5, 5.41) is 3.70. The normalized spacial score (nSPS) is 14.9. The number of ether oxygens (including phenoxy) is 1. The number of aliphatic imine (C=N–C) groups is 1. The van der Waals surface area contributed by atoms with Crippen molar-refractivity contribution < 1.29 is 9.53 Å². The quantitative estimate of drug-likeness (QED) is 0.427. The van der Waals surface area contributed by atoms with Crippen LogP contribution in [0.4, 0.5) is 0 Å². The van der Waals surface area contributed by atoms with E-state index in [1.807, 2.05) is 18.2 Å². The molecule has 0 bridgehead atoms. The molecule has 2 heterocycles. The number of hydrogen-bond acceptors (Lipinski definition) is 4. The van der Waals surface area contributed by atoms with Crippen LogP contribution in [0.15, 0.2) is 47.5 Å². The molecular weight excluding hydrogens is 402 g/mol. The lowest BCUT2D eigenvalue weighted by Crippen LogP contribution is -2.36. The number of aromatic amines is 1. The molecule has 0 saturated carbocycles. The van der Waals surface area contributed by atoms with E-state index in [0.29, 0.717) is 22.0 Å². The van der Waals surface area contributed by atoms with E-state index in [-0.39, 0.29) is 11.9 Å². The van der Waals surface area contributed by atoms with Crippen molar-refractivity contribution in [3.05, 3.63) is 58.7 Å². The number of aromatic nitrogens is 1. The van der Waals surface area contributed by atoms with Gasteiger partial charge in [0.05, 0.1) is 10.5 Å². The molecule has 2 aromatic carbocycles. The number of nitrogens with two attached hydrogens (primary N) is 1. The molecule has 4 N–H and O–H groups in total. The van der Waals surface area contributed by atoms with E-state index < -0.39 is 0 Å². The topological polar surface area (TPSA) is 95.7 Å². The number of carbonyl (C=O) groups is 1. The lowest BCUT2D eigenvalue weighted by molar-refractivity contribution is 0.0972. The monoisotopic (exact) mass is 425 g/mol. The van der Waals surface area contributed by atoms with E-state index in [1.165, 1.54) is 38.5 Å². The number of carbonyl (C=O) groups excluding carboxylic acids is 1. The summed E-state index contributed by atoms with van der Waals surface area (Å²) in [5.74, 6) is 0.971. The summed E-state index contributed by atoms with van der Waals surface area (Å²) in [5.41, 5.74) is 7.86. The predicted octanol–water partition coefficient (Wildman–Crippen LogP) is 3.88. The average Bonchev–Trinajstić information content (AvgIpc) is 3.39.